The smallest absolute Gasteiger partial charge is 0.462 e. The Balaban J connectivity index is 0. The highest BCUT2D eigenvalue weighted by Crippen LogP contribution is 2.25. The molecule has 0 rings (SSSR count). The molecular weight excluding hydrogens is 375 g/mol. The molecule has 0 fully saturated rings. The third kappa shape index (κ3) is 15.2. The predicted octanol–water partition coefficient (Wildman–Crippen LogP) is -0.776. The summed E-state index contributed by atoms with van der Waals surface area (Å²) < 4.78 is 23.4. The van der Waals surface area contributed by atoms with E-state index in [9.17, 15) is 19.5 Å². The van der Waals surface area contributed by atoms with Gasteiger partial charge in [-0.2, -0.15) is 0 Å². The minimum Gasteiger partial charge on any atom is -0.462 e. The van der Waals surface area contributed by atoms with E-state index in [1.165, 1.54) is 0 Å². The minimum absolute atomic E-state index is 0.330. The summed E-state index contributed by atoms with van der Waals surface area (Å²) in [5.74, 6) is -2.17. The first-order valence-corrected chi connectivity index (χ1v) is 8.26. The summed E-state index contributed by atoms with van der Waals surface area (Å²) in [6.07, 6.45) is 2.81. The van der Waals surface area contributed by atoms with Crippen molar-refractivity contribution in [3.8, 4) is 0 Å². The zero-order valence-electron chi connectivity index (χ0n) is 13.8. The van der Waals surface area contributed by atoms with Crippen molar-refractivity contribution in [2.75, 3.05) is 26.4 Å². The number of carbonyl (C=O) groups is 3. The van der Waals surface area contributed by atoms with Gasteiger partial charge in [0.15, 0.2) is 0 Å². The number of hydrogen-bond acceptors (Lipinski definition) is 8. The second kappa shape index (κ2) is 13.0. The molecule has 0 spiro atoms. The summed E-state index contributed by atoms with van der Waals surface area (Å²) in [6.45, 7) is 8.14. The molecular formula is C14H21O11P. The first-order chi connectivity index (χ1) is 11.9. The van der Waals surface area contributed by atoms with E-state index >= 15 is 0 Å². The topological polar surface area (TPSA) is 177 Å². The van der Waals surface area contributed by atoms with Crippen LogP contribution in [0, 0.1) is 5.41 Å². The lowest BCUT2D eigenvalue weighted by atomic mass is 9.92. The molecule has 26 heavy (non-hydrogen) atoms. The lowest BCUT2D eigenvalue weighted by Crippen LogP contribution is -2.42. The van der Waals surface area contributed by atoms with Crippen molar-refractivity contribution in [2.45, 2.75) is 0 Å². The molecule has 0 bridgehead atoms. The molecule has 0 aromatic rings. The maximum atomic E-state index is 11.1. The van der Waals surface area contributed by atoms with Crippen molar-refractivity contribution >= 4 is 25.7 Å². The molecule has 0 unspecified atom stereocenters. The highest BCUT2D eigenvalue weighted by Gasteiger charge is 2.35. The van der Waals surface area contributed by atoms with Gasteiger partial charge in [-0.25, -0.2) is 18.9 Å². The van der Waals surface area contributed by atoms with Crippen LogP contribution in [0.2, 0.25) is 0 Å². The highest BCUT2D eigenvalue weighted by atomic mass is 31.2. The average molecular weight is 396 g/mol. The number of ether oxygens (including phenoxy) is 3. The molecule has 0 heterocycles. The van der Waals surface area contributed by atoms with E-state index in [1.54, 1.807) is 0 Å². The second-order valence-electron chi connectivity index (χ2n) is 4.61. The van der Waals surface area contributed by atoms with Crippen molar-refractivity contribution in [1.82, 2.24) is 0 Å². The van der Waals surface area contributed by atoms with Crippen LogP contribution < -0.4 is 0 Å². The van der Waals surface area contributed by atoms with Crippen molar-refractivity contribution in [3.63, 3.8) is 0 Å². The third-order valence-corrected chi connectivity index (χ3v) is 2.40. The monoisotopic (exact) mass is 396 g/mol. The van der Waals surface area contributed by atoms with E-state index in [1.807, 2.05) is 0 Å². The van der Waals surface area contributed by atoms with Crippen LogP contribution in [0.4, 0.5) is 0 Å². The number of aliphatic hydroxyl groups excluding tert-OH is 1. The lowest BCUT2D eigenvalue weighted by molar-refractivity contribution is -0.159. The van der Waals surface area contributed by atoms with Crippen LogP contribution in [-0.4, -0.2) is 64.1 Å². The third-order valence-electron chi connectivity index (χ3n) is 2.40. The van der Waals surface area contributed by atoms with Gasteiger partial charge in [0, 0.05) is 18.2 Å². The maximum absolute atomic E-state index is 11.1. The highest BCUT2D eigenvalue weighted by molar-refractivity contribution is 7.45. The minimum atomic E-state index is -4.64. The molecule has 0 saturated carbocycles. The van der Waals surface area contributed by atoms with Crippen LogP contribution in [0.25, 0.3) is 0 Å². The van der Waals surface area contributed by atoms with Gasteiger partial charge in [-0.15, -0.1) is 0 Å². The quantitative estimate of drug-likeness (QED) is 0.158. The van der Waals surface area contributed by atoms with Gasteiger partial charge in [-0.1, -0.05) is 19.7 Å². The van der Waals surface area contributed by atoms with E-state index in [-0.39, 0.29) is 19.8 Å². The summed E-state index contributed by atoms with van der Waals surface area (Å²) in [7, 11) is -4.64. The number of rotatable bonds is 10. The fourth-order valence-corrected chi connectivity index (χ4v) is 1.11. The van der Waals surface area contributed by atoms with Gasteiger partial charge >= 0.3 is 25.7 Å². The van der Waals surface area contributed by atoms with E-state index in [4.69, 9.17) is 33.5 Å². The maximum Gasteiger partial charge on any atom is 0.466 e. The molecule has 0 aliphatic heterocycles. The van der Waals surface area contributed by atoms with Gasteiger partial charge < -0.3 is 34.0 Å². The summed E-state index contributed by atoms with van der Waals surface area (Å²) in [6, 6.07) is 0. The Labute approximate surface area is 149 Å². The Hall–Kier alpha value is -2.30. The van der Waals surface area contributed by atoms with E-state index in [0.29, 0.717) is 0 Å². The van der Waals surface area contributed by atoms with Gasteiger partial charge in [0.05, 0.1) is 12.0 Å². The summed E-state index contributed by atoms with van der Waals surface area (Å²) in [5, 5.41) is 9.48. The Morgan fingerprint density at radius 3 is 1.19 bits per heavy atom. The molecule has 0 amide bonds. The van der Waals surface area contributed by atoms with Crippen molar-refractivity contribution in [3.05, 3.63) is 38.0 Å². The fourth-order valence-electron chi connectivity index (χ4n) is 1.11. The summed E-state index contributed by atoms with van der Waals surface area (Å²) in [5.41, 5.74) is -1.28. The lowest BCUT2D eigenvalue weighted by Gasteiger charge is -2.29. The summed E-state index contributed by atoms with van der Waals surface area (Å²) in [4.78, 5) is 54.8. The van der Waals surface area contributed by atoms with Gasteiger partial charge in [0.25, 0.3) is 0 Å². The zero-order chi connectivity index (χ0) is 20.8. The van der Waals surface area contributed by atoms with Crippen LogP contribution in [0.1, 0.15) is 0 Å². The second-order valence-corrected chi connectivity index (χ2v) is 5.63. The predicted molar refractivity (Wildman–Crippen MR) is 87.2 cm³/mol. The van der Waals surface area contributed by atoms with E-state index < -0.39 is 37.8 Å². The first kappa shape index (κ1) is 25.9. The normalized spacial score (nSPS) is 10.5. The van der Waals surface area contributed by atoms with Crippen LogP contribution in [0.3, 0.4) is 0 Å². The molecule has 0 aromatic carbocycles. The van der Waals surface area contributed by atoms with Crippen molar-refractivity contribution in [1.29, 1.82) is 0 Å². The number of esters is 3. The first-order valence-electron chi connectivity index (χ1n) is 6.69. The van der Waals surface area contributed by atoms with Crippen LogP contribution in [0.15, 0.2) is 38.0 Å². The van der Waals surface area contributed by atoms with Gasteiger partial charge in [-0.05, 0) is 0 Å². The Kier molecular flexibility index (Phi) is 12.9. The molecule has 0 aromatic heterocycles. The molecule has 0 radical (unpaired) electrons. The van der Waals surface area contributed by atoms with E-state index in [2.05, 4.69) is 19.7 Å². The Morgan fingerprint density at radius 2 is 1.04 bits per heavy atom. The van der Waals surface area contributed by atoms with E-state index in [0.717, 1.165) is 18.2 Å². The van der Waals surface area contributed by atoms with Crippen LogP contribution in [-0.2, 0) is 33.2 Å². The molecule has 0 atom stereocenters. The molecule has 12 heteroatoms. The van der Waals surface area contributed by atoms with Crippen LogP contribution in [0.5, 0.6) is 0 Å². The van der Waals surface area contributed by atoms with Gasteiger partial charge in [0.1, 0.15) is 19.8 Å². The SMILES string of the molecule is C=CC(=O)OCC(CO)(COC(=O)C=C)COC(=O)C=C.O=P(O)(O)O. The molecule has 0 aliphatic carbocycles. The van der Waals surface area contributed by atoms with Gasteiger partial charge in [0.2, 0.25) is 0 Å². The average Bonchev–Trinajstić information content (AvgIpc) is 2.58. The fraction of sp³-hybridized carbons (Fsp3) is 0.357. The van der Waals surface area contributed by atoms with Crippen molar-refractivity contribution in [2.24, 2.45) is 5.41 Å². The largest absolute Gasteiger partial charge is 0.466 e. The van der Waals surface area contributed by atoms with Crippen LogP contribution >= 0.6 is 7.82 Å². The number of hydrogen-bond donors (Lipinski definition) is 4. The van der Waals surface area contributed by atoms with Crippen molar-refractivity contribution < 1.29 is 52.9 Å². The molecule has 0 aliphatic rings. The molecule has 11 nitrogen and oxygen atoms in total. The van der Waals surface area contributed by atoms with Gasteiger partial charge in [-0.3, -0.25) is 0 Å². The Morgan fingerprint density at radius 1 is 0.808 bits per heavy atom. The molecule has 4 N–H and O–H groups in total. The Bertz CT molecular complexity index is 495. The number of aliphatic hydroxyl groups is 1. The molecule has 148 valence electrons. The number of phosphoric acid groups is 1. The standard InChI is InChI=1S/C14H18O7.H3O4P/c1-4-11(16)19-8-14(7-15,9-20-12(17)5-2)10-21-13(18)6-3;1-5(2,3)4/h4-6,15H,1-3,7-10H2;(H3,1,2,3,4). The summed E-state index contributed by atoms with van der Waals surface area (Å²) >= 11 is 0. The molecule has 0 saturated heterocycles. The zero-order valence-corrected chi connectivity index (χ0v) is 14.7. The number of carbonyl (C=O) groups excluding carboxylic acids is 3.